The Bertz CT molecular complexity index is 475. The molecule has 3 N–H and O–H groups in total. The highest BCUT2D eigenvalue weighted by molar-refractivity contribution is 7.17. The maximum atomic E-state index is 5.66. The van der Waals surface area contributed by atoms with Crippen LogP contribution in [-0.4, -0.2) is 18.1 Å². The van der Waals surface area contributed by atoms with Crippen LogP contribution in [0.25, 0.3) is 10.1 Å². The lowest BCUT2D eigenvalue weighted by molar-refractivity contribution is 0.473. The van der Waals surface area contributed by atoms with Gasteiger partial charge in [0, 0.05) is 22.8 Å². The molecule has 1 unspecified atom stereocenters. The summed E-state index contributed by atoms with van der Waals surface area (Å²) < 4.78 is 1.29. The maximum absolute atomic E-state index is 5.66. The summed E-state index contributed by atoms with van der Waals surface area (Å²) in [4.78, 5) is 4.44. The number of pyridine rings is 1. The van der Waals surface area contributed by atoms with Crippen LogP contribution in [-0.2, 0) is 0 Å². The monoisotopic (exact) mass is 263 g/mol. The first-order chi connectivity index (χ1) is 8.85. The second-order valence-corrected chi connectivity index (χ2v) is 5.55. The Balaban J connectivity index is 2.02. The molecule has 0 aliphatic rings. The van der Waals surface area contributed by atoms with E-state index < -0.39 is 0 Å². The Morgan fingerprint density at radius 2 is 2.28 bits per heavy atom. The topological polar surface area (TPSA) is 50.9 Å². The van der Waals surface area contributed by atoms with Crippen molar-refractivity contribution in [2.75, 3.05) is 18.4 Å². The van der Waals surface area contributed by atoms with Crippen molar-refractivity contribution in [3.05, 3.63) is 23.7 Å². The minimum absolute atomic E-state index is 0.649. The van der Waals surface area contributed by atoms with Crippen molar-refractivity contribution in [1.29, 1.82) is 0 Å². The van der Waals surface area contributed by atoms with Crippen molar-refractivity contribution >= 4 is 27.2 Å². The Labute approximate surface area is 112 Å². The summed E-state index contributed by atoms with van der Waals surface area (Å²) in [6, 6.07) is 4.20. The molecule has 0 radical (unpaired) electrons. The smallest absolute Gasteiger partial charge is 0.134 e. The third-order valence-corrected chi connectivity index (χ3v) is 4.09. The fraction of sp³-hybridized carbons (Fsp3) is 0.500. The van der Waals surface area contributed by atoms with Gasteiger partial charge in [-0.25, -0.2) is 4.98 Å². The van der Waals surface area contributed by atoms with Gasteiger partial charge >= 0.3 is 0 Å². The molecule has 0 aromatic carbocycles. The van der Waals surface area contributed by atoms with E-state index in [0.29, 0.717) is 5.92 Å². The molecule has 4 heteroatoms. The Kier molecular flexibility index (Phi) is 4.96. The van der Waals surface area contributed by atoms with Crippen LogP contribution in [0.3, 0.4) is 0 Å². The zero-order valence-electron chi connectivity index (χ0n) is 10.9. The molecule has 0 saturated heterocycles. The molecular formula is C14H21N3S. The number of rotatable bonds is 7. The van der Waals surface area contributed by atoms with E-state index in [1.54, 1.807) is 11.3 Å². The number of hydrogen-bond acceptors (Lipinski definition) is 4. The van der Waals surface area contributed by atoms with Crippen LogP contribution in [0.1, 0.15) is 26.2 Å². The molecule has 98 valence electrons. The summed E-state index contributed by atoms with van der Waals surface area (Å²) >= 11 is 1.76. The number of aromatic nitrogens is 1. The first kappa shape index (κ1) is 13.3. The van der Waals surface area contributed by atoms with Crippen molar-refractivity contribution in [1.82, 2.24) is 4.98 Å². The van der Waals surface area contributed by atoms with Gasteiger partial charge in [-0.3, -0.25) is 0 Å². The van der Waals surface area contributed by atoms with E-state index in [-0.39, 0.29) is 0 Å². The van der Waals surface area contributed by atoms with E-state index in [0.717, 1.165) is 25.3 Å². The molecule has 0 fully saturated rings. The van der Waals surface area contributed by atoms with Crippen LogP contribution in [0.2, 0.25) is 0 Å². The minimum atomic E-state index is 0.649. The summed E-state index contributed by atoms with van der Waals surface area (Å²) in [6.45, 7) is 3.96. The first-order valence-electron chi connectivity index (χ1n) is 6.61. The number of thiophene rings is 1. The molecule has 2 rings (SSSR count). The van der Waals surface area contributed by atoms with E-state index in [4.69, 9.17) is 5.73 Å². The molecule has 2 aromatic rings. The van der Waals surface area contributed by atoms with Gasteiger partial charge in [0.05, 0.1) is 0 Å². The summed E-state index contributed by atoms with van der Waals surface area (Å²) in [5, 5.41) is 6.82. The van der Waals surface area contributed by atoms with Gasteiger partial charge in [0.2, 0.25) is 0 Å². The first-order valence-corrected chi connectivity index (χ1v) is 7.49. The van der Waals surface area contributed by atoms with Gasteiger partial charge in [-0.1, -0.05) is 13.3 Å². The number of anilines is 1. The normalized spacial score (nSPS) is 12.8. The van der Waals surface area contributed by atoms with E-state index >= 15 is 0 Å². The average Bonchev–Trinajstić information content (AvgIpc) is 2.85. The van der Waals surface area contributed by atoms with Crippen LogP contribution in [0.15, 0.2) is 23.7 Å². The van der Waals surface area contributed by atoms with Crippen LogP contribution < -0.4 is 11.1 Å². The molecule has 0 aliphatic carbocycles. The molecule has 1 atom stereocenters. The number of nitrogens with two attached hydrogens (primary N) is 1. The molecule has 0 spiro atoms. The SMILES string of the molecule is CCCC(CCN)CNc1nccc2sccc12. The largest absolute Gasteiger partial charge is 0.369 e. The van der Waals surface area contributed by atoms with Crippen LogP contribution in [0.4, 0.5) is 5.82 Å². The Morgan fingerprint density at radius 1 is 1.39 bits per heavy atom. The molecular weight excluding hydrogens is 242 g/mol. The second kappa shape index (κ2) is 6.71. The summed E-state index contributed by atoms with van der Waals surface area (Å²) in [5.74, 6) is 1.66. The predicted molar refractivity (Wildman–Crippen MR) is 80.2 cm³/mol. The van der Waals surface area contributed by atoms with Gasteiger partial charge in [0.1, 0.15) is 5.82 Å². The standard InChI is InChI=1S/C14H21N3S/c1-2-3-11(4-7-15)10-17-14-12-6-9-18-13(12)5-8-16-14/h5-6,8-9,11H,2-4,7,10,15H2,1H3,(H,16,17). The lowest BCUT2D eigenvalue weighted by atomic mass is 10.00. The molecule has 0 bridgehead atoms. The average molecular weight is 263 g/mol. The molecule has 0 amide bonds. The van der Waals surface area contributed by atoms with E-state index in [9.17, 15) is 0 Å². The summed E-state index contributed by atoms with van der Waals surface area (Å²) in [6.07, 6.45) is 5.39. The molecule has 0 aliphatic heterocycles. The summed E-state index contributed by atoms with van der Waals surface area (Å²) in [5.41, 5.74) is 5.66. The molecule has 3 nitrogen and oxygen atoms in total. The van der Waals surface area contributed by atoms with Crippen molar-refractivity contribution in [2.45, 2.75) is 26.2 Å². The van der Waals surface area contributed by atoms with Crippen LogP contribution >= 0.6 is 11.3 Å². The second-order valence-electron chi connectivity index (χ2n) is 4.60. The predicted octanol–water partition coefficient (Wildman–Crippen LogP) is 3.47. The zero-order valence-corrected chi connectivity index (χ0v) is 11.7. The fourth-order valence-electron chi connectivity index (χ4n) is 2.27. The minimum Gasteiger partial charge on any atom is -0.369 e. The third-order valence-electron chi connectivity index (χ3n) is 3.21. The number of hydrogen-bond donors (Lipinski definition) is 2. The van der Waals surface area contributed by atoms with Crippen molar-refractivity contribution < 1.29 is 0 Å². The third kappa shape index (κ3) is 3.21. The van der Waals surface area contributed by atoms with Gasteiger partial charge in [0.15, 0.2) is 0 Å². The number of nitrogens with zero attached hydrogens (tertiary/aromatic N) is 1. The number of nitrogens with one attached hydrogen (secondary N) is 1. The van der Waals surface area contributed by atoms with Crippen molar-refractivity contribution in [3.8, 4) is 0 Å². The van der Waals surface area contributed by atoms with Gasteiger partial charge in [-0.2, -0.15) is 0 Å². The lowest BCUT2D eigenvalue weighted by Crippen LogP contribution is -2.18. The summed E-state index contributed by atoms with van der Waals surface area (Å²) in [7, 11) is 0. The van der Waals surface area contributed by atoms with Gasteiger partial charge in [-0.05, 0) is 42.8 Å². The van der Waals surface area contributed by atoms with Crippen molar-refractivity contribution in [2.24, 2.45) is 11.7 Å². The van der Waals surface area contributed by atoms with E-state index in [2.05, 4.69) is 34.7 Å². The van der Waals surface area contributed by atoms with E-state index in [1.807, 2.05) is 6.20 Å². The van der Waals surface area contributed by atoms with Crippen molar-refractivity contribution in [3.63, 3.8) is 0 Å². The molecule has 18 heavy (non-hydrogen) atoms. The fourth-order valence-corrected chi connectivity index (χ4v) is 3.05. The van der Waals surface area contributed by atoms with Gasteiger partial charge in [-0.15, -0.1) is 11.3 Å². The Morgan fingerprint density at radius 3 is 3.06 bits per heavy atom. The molecule has 2 aromatic heterocycles. The van der Waals surface area contributed by atoms with E-state index in [1.165, 1.54) is 22.9 Å². The highest BCUT2D eigenvalue weighted by Crippen LogP contribution is 2.26. The highest BCUT2D eigenvalue weighted by Gasteiger charge is 2.08. The molecule has 2 heterocycles. The zero-order chi connectivity index (χ0) is 12.8. The van der Waals surface area contributed by atoms with Gasteiger partial charge in [0.25, 0.3) is 0 Å². The lowest BCUT2D eigenvalue weighted by Gasteiger charge is -2.16. The number of fused-ring (bicyclic) bond motifs is 1. The maximum Gasteiger partial charge on any atom is 0.134 e. The Hall–Kier alpha value is -1.13. The van der Waals surface area contributed by atoms with Gasteiger partial charge < -0.3 is 11.1 Å². The highest BCUT2D eigenvalue weighted by atomic mass is 32.1. The molecule has 0 saturated carbocycles. The quantitative estimate of drug-likeness (QED) is 0.804. The van der Waals surface area contributed by atoms with Crippen LogP contribution in [0.5, 0.6) is 0 Å². The van der Waals surface area contributed by atoms with Crippen LogP contribution in [0, 0.1) is 5.92 Å².